The molecule has 2 rings (SSSR count). The first-order chi connectivity index (χ1) is 11.1. The molecule has 2 aromatic carbocycles. The van der Waals surface area contributed by atoms with Crippen molar-refractivity contribution in [1.29, 1.82) is 0 Å². The Hall–Kier alpha value is -2.20. The number of halogens is 1. The van der Waals surface area contributed by atoms with E-state index in [1.807, 2.05) is 30.3 Å². The van der Waals surface area contributed by atoms with Crippen molar-refractivity contribution in [3.05, 3.63) is 58.6 Å². The van der Waals surface area contributed by atoms with Crippen molar-refractivity contribution < 1.29 is 14.3 Å². The second-order valence-corrected chi connectivity index (χ2v) is 5.46. The maximum Gasteiger partial charge on any atom is 0.220 e. The molecule has 0 aromatic heterocycles. The zero-order valence-electron chi connectivity index (χ0n) is 13.3. The second-order valence-electron chi connectivity index (χ2n) is 5.06. The number of nitrogens with one attached hydrogen (secondary N) is 1. The van der Waals surface area contributed by atoms with Gasteiger partial charge in [0.15, 0.2) is 0 Å². The molecule has 0 aliphatic carbocycles. The van der Waals surface area contributed by atoms with E-state index in [0.29, 0.717) is 30.2 Å². The van der Waals surface area contributed by atoms with E-state index >= 15 is 0 Å². The number of carbonyl (C=O) groups is 1. The van der Waals surface area contributed by atoms with Crippen LogP contribution in [0.25, 0.3) is 0 Å². The quantitative estimate of drug-likeness (QED) is 0.842. The molecule has 2 aromatic rings. The molecule has 1 N–H and O–H groups in total. The molecule has 0 radical (unpaired) electrons. The number of para-hydroxylation sites is 1. The summed E-state index contributed by atoms with van der Waals surface area (Å²) in [7, 11) is 3.20. The smallest absolute Gasteiger partial charge is 0.220 e. The van der Waals surface area contributed by atoms with Gasteiger partial charge in [-0.3, -0.25) is 4.79 Å². The Balaban J connectivity index is 1.84. The number of rotatable bonds is 7. The van der Waals surface area contributed by atoms with Gasteiger partial charge in [0.25, 0.3) is 0 Å². The molecule has 5 heteroatoms. The Bertz CT molecular complexity index is 673. The molecule has 0 saturated carbocycles. The number of ether oxygens (including phenoxy) is 2. The average Bonchev–Trinajstić information content (AvgIpc) is 2.58. The molecule has 4 nitrogen and oxygen atoms in total. The lowest BCUT2D eigenvalue weighted by Gasteiger charge is -2.09. The SMILES string of the molecule is COc1ccc(CNC(=O)CCc2ccccc2OC)cc1Cl. The van der Waals surface area contributed by atoms with E-state index in [1.165, 1.54) is 0 Å². The van der Waals surface area contributed by atoms with Crippen LogP contribution in [0.15, 0.2) is 42.5 Å². The highest BCUT2D eigenvalue weighted by Gasteiger charge is 2.07. The minimum absolute atomic E-state index is 0.0113. The van der Waals surface area contributed by atoms with Gasteiger partial charge in [0.05, 0.1) is 19.2 Å². The van der Waals surface area contributed by atoms with Crippen LogP contribution in [0.2, 0.25) is 5.02 Å². The first kappa shape index (κ1) is 17.2. The highest BCUT2D eigenvalue weighted by atomic mass is 35.5. The third-order valence-electron chi connectivity index (χ3n) is 3.52. The Morgan fingerprint density at radius 3 is 2.52 bits per heavy atom. The highest BCUT2D eigenvalue weighted by Crippen LogP contribution is 2.24. The Labute approximate surface area is 141 Å². The molecule has 122 valence electrons. The number of carbonyl (C=O) groups excluding carboxylic acids is 1. The first-order valence-electron chi connectivity index (χ1n) is 7.35. The molecular formula is C18H20ClNO3. The van der Waals surface area contributed by atoms with E-state index in [0.717, 1.165) is 16.9 Å². The summed E-state index contributed by atoms with van der Waals surface area (Å²) in [5.74, 6) is 1.42. The van der Waals surface area contributed by atoms with Crippen molar-refractivity contribution in [2.24, 2.45) is 0 Å². The largest absolute Gasteiger partial charge is 0.496 e. The topological polar surface area (TPSA) is 47.6 Å². The fourth-order valence-corrected chi connectivity index (χ4v) is 2.55. The lowest BCUT2D eigenvalue weighted by molar-refractivity contribution is -0.121. The predicted octanol–water partition coefficient (Wildman–Crippen LogP) is 3.61. The Kier molecular flexibility index (Phi) is 6.29. The molecule has 0 fully saturated rings. The van der Waals surface area contributed by atoms with Gasteiger partial charge in [-0.1, -0.05) is 35.9 Å². The van der Waals surface area contributed by atoms with Crippen molar-refractivity contribution in [3.8, 4) is 11.5 Å². The van der Waals surface area contributed by atoms with Gasteiger partial charge < -0.3 is 14.8 Å². The van der Waals surface area contributed by atoms with Gasteiger partial charge in [-0.2, -0.15) is 0 Å². The molecule has 0 aliphatic heterocycles. The Morgan fingerprint density at radius 1 is 1.09 bits per heavy atom. The van der Waals surface area contributed by atoms with Crippen LogP contribution in [0.4, 0.5) is 0 Å². The van der Waals surface area contributed by atoms with E-state index in [4.69, 9.17) is 21.1 Å². The summed E-state index contributed by atoms with van der Waals surface area (Å²) < 4.78 is 10.4. The molecule has 0 atom stereocenters. The molecule has 0 unspecified atom stereocenters. The van der Waals surface area contributed by atoms with Crippen molar-refractivity contribution in [1.82, 2.24) is 5.32 Å². The van der Waals surface area contributed by atoms with Gasteiger partial charge in [-0.05, 0) is 35.7 Å². The summed E-state index contributed by atoms with van der Waals surface area (Å²) in [5.41, 5.74) is 1.96. The van der Waals surface area contributed by atoms with Gasteiger partial charge in [0.2, 0.25) is 5.91 Å². The number of hydrogen-bond acceptors (Lipinski definition) is 3. The van der Waals surface area contributed by atoms with Gasteiger partial charge in [-0.25, -0.2) is 0 Å². The van der Waals surface area contributed by atoms with Crippen LogP contribution < -0.4 is 14.8 Å². The summed E-state index contributed by atoms with van der Waals surface area (Å²) in [6.07, 6.45) is 1.05. The normalized spacial score (nSPS) is 10.2. The summed E-state index contributed by atoms with van der Waals surface area (Å²) in [6, 6.07) is 13.2. The van der Waals surface area contributed by atoms with Crippen LogP contribution in [0.5, 0.6) is 11.5 Å². The summed E-state index contributed by atoms with van der Waals surface area (Å²) in [4.78, 5) is 12.0. The molecule has 0 saturated heterocycles. The molecule has 1 amide bonds. The monoisotopic (exact) mass is 333 g/mol. The summed E-state index contributed by atoms with van der Waals surface area (Å²) in [5, 5.41) is 3.43. The maximum atomic E-state index is 12.0. The third kappa shape index (κ3) is 4.89. The molecular weight excluding hydrogens is 314 g/mol. The molecule has 0 aliphatic rings. The van der Waals surface area contributed by atoms with Crippen LogP contribution in [-0.2, 0) is 17.8 Å². The molecule has 23 heavy (non-hydrogen) atoms. The predicted molar refractivity (Wildman–Crippen MR) is 91.2 cm³/mol. The van der Waals surface area contributed by atoms with Crippen molar-refractivity contribution in [3.63, 3.8) is 0 Å². The van der Waals surface area contributed by atoms with E-state index in [-0.39, 0.29) is 5.91 Å². The zero-order chi connectivity index (χ0) is 16.7. The van der Waals surface area contributed by atoms with Gasteiger partial charge in [0.1, 0.15) is 11.5 Å². The number of hydrogen-bond donors (Lipinski definition) is 1. The van der Waals surface area contributed by atoms with E-state index in [1.54, 1.807) is 26.4 Å². The van der Waals surface area contributed by atoms with Gasteiger partial charge in [0, 0.05) is 13.0 Å². The van der Waals surface area contributed by atoms with Crippen molar-refractivity contribution >= 4 is 17.5 Å². The minimum Gasteiger partial charge on any atom is -0.496 e. The van der Waals surface area contributed by atoms with Crippen molar-refractivity contribution in [2.45, 2.75) is 19.4 Å². The van der Waals surface area contributed by atoms with Crippen LogP contribution in [0, 0.1) is 0 Å². The van der Waals surface area contributed by atoms with Crippen LogP contribution in [0.1, 0.15) is 17.5 Å². The average molecular weight is 334 g/mol. The minimum atomic E-state index is -0.0113. The zero-order valence-corrected chi connectivity index (χ0v) is 14.0. The number of amides is 1. The lowest BCUT2D eigenvalue weighted by atomic mass is 10.1. The Morgan fingerprint density at radius 2 is 1.83 bits per heavy atom. The number of benzene rings is 2. The number of aryl methyl sites for hydroxylation is 1. The van der Waals surface area contributed by atoms with E-state index in [2.05, 4.69) is 5.32 Å². The fourth-order valence-electron chi connectivity index (χ4n) is 2.27. The first-order valence-corrected chi connectivity index (χ1v) is 7.73. The van der Waals surface area contributed by atoms with Gasteiger partial charge in [-0.15, -0.1) is 0 Å². The molecule has 0 spiro atoms. The van der Waals surface area contributed by atoms with E-state index in [9.17, 15) is 4.79 Å². The van der Waals surface area contributed by atoms with Crippen LogP contribution in [-0.4, -0.2) is 20.1 Å². The van der Waals surface area contributed by atoms with E-state index < -0.39 is 0 Å². The molecule has 0 heterocycles. The summed E-state index contributed by atoms with van der Waals surface area (Å²) >= 11 is 6.07. The lowest BCUT2D eigenvalue weighted by Crippen LogP contribution is -2.23. The highest BCUT2D eigenvalue weighted by molar-refractivity contribution is 6.32. The summed E-state index contributed by atoms with van der Waals surface area (Å²) in [6.45, 7) is 0.439. The second kappa shape index (κ2) is 8.44. The van der Waals surface area contributed by atoms with Crippen molar-refractivity contribution in [2.75, 3.05) is 14.2 Å². The van der Waals surface area contributed by atoms with Crippen LogP contribution in [0.3, 0.4) is 0 Å². The third-order valence-corrected chi connectivity index (χ3v) is 3.82. The standard InChI is InChI=1S/C18H20ClNO3/c1-22-16-6-4-3-5-14(16)8-10-18(21)20-12-13-7-9-17(23-2)15(19)11-13/h3-7,9,11H,8,10,12H2,1-2H3,(H,20,21). The maximum absolute atomic E-state index is 12.0. The van der Waals surface area contributed by atoms with Crippen LogP contribution >= 0.6 is 11.6 Å². The number of methoxy groups -OCH3 is 2. The van der Waals surface area contributed by atoms with Gasteiger partial charge >= 0.3 is 0 Å². The fraction of sp³-hybridized carbons (Fsp3) is 0.278. The molecule has 0 bridgehead atoms.